The van der Waals surface area contributed by atoms with Crippen LogP contribution in [0.4, 0.5) is 13.2 Å². The summed E-state index contributed by atoms with van der Waals surface area (Å²) in [4.78, 5) is 23.4. The van der Waals surface area contributed by atoms with Gasteiger partial charge in [0.1, 0.15) is 0 Å². The van der Waals surface area contributed by atoms with Gasteiger partial charge in [-0.3, -0.25) is 4.79 Å². The highest BCUT2D eigenvalue weighted by Crippen LogP contribution is 2.39. The van der Waals surface area contributed by atoms with E-state index in [0.29, 0.717) is 0 Å². The minimum atomic E-state index is -3.21. The van der Waals surface area contributed by atoms with Crippen LogP contribution in [0.5, 0.6) is 5.75 Å². The highest BCUT2D eigenvalue weighted by atomic mass is 19.3. The molecule has 114 valence electrons. The van der Waals surface area contributed by atoms with Gasteiger partial charge in [0.25, 0.3) is 6.43 Å². The number of alkyl halides is 2. The third-order valence-electron chi connectivity index (χ3n) is 3.34. The van der Waals surface area contributed by atoms with Crippen molar-refractivity contribution in [2.45, 2.75) is 32.3 Å². The molecule has 0 radical (unpaired) electrons. The van der Waals surface area contributed by atoms with Crippen LogP contribution in [0.2, 0.25) is 0 Å². The summed E-state index contributed by atoms with van der Waals surface area (Å²) < 4.78 is 50.0. The fourth-order valence-electron chi connectivity index (χ4n) is 2.13. The van der Waals surface area contributed by atoms with E-state index in [1.807, 2.05) is 0 Å². The lowest BCUT2D eigenvalue weighted by atomic mass is 9.90. The van der Waals surface area contributed by atoms with E-state index in [1.54, 1.807) is 0 Å². The number of halogens is 3. The molecule has 4 nitrogen and oxygen atoms in total. The predicted octanol–water partition coefficient (Wildman–Crippen LogP) is 2.83. The van der Waals surface area contributed by atoms with E-state index in [0.717, 1.165) is 13.2 Å². The summed E-state index contributed by atoms with van der Waals surface area (Å²) in [5.74, 6) is -3.18. The van der Waals surface area contributed by atoms with Crippen LogP contribution in [-0.2, 0) is 16.0 Å². The van der Waals surface area contributed by atoms with Crippen LogP contribution in [0, 0.1) is 5.82 Å². The second-order valence-corrected chi connectivity index (χ2v) is 5.14. The summed E-state index contributed by atoms with van der Waals surface area (Å²) in [7, 11) is 1.000. The molecule has 0 aromatic heterocycles. The van der Waals surface area contributed by atoms with Crippen molar-refractivity contribution in [3.05, 3.63) is 28.6 Å². The van der Waals surface area contributed by atoms with Gasteiger partial charge in [-0.1, -0.05) is 0 Å². The van der Waals surface area contributed by atoms with Crippen LogP contribution in [0.25, 0.3) is 0 Å². The van der Waals surface area contributed by atoms with Crippen molar-refractivity contribution < 1.29 is 32.2 Å². The maximum atomic E-state index is 14.3. The molecule has 0 bridgehead atoms. The largest absolute Gasteiger partial charge is 0.477 e. The molecule has 7 heteroatoms. The van der Waals surface area contributed by atoms with Crippen molar-refractivity contribution in [2.24, 2.45) is 0 Å². The molecule has 0 saturated carbocycles. The van der Waals surface area contributed by atoms with Gasteiger partial charge in [0.05, 0.1) is 18.2 Å². The lowest BCUT2D eigenvalue weighted by Crippen LogP contribution is -2.43. The summed E-state index contributed by atoms with van der Waals surface area (Å²) in [5, 5.41) is 0. The Bertz CT molecular complexity index is 623. The lowest BCUT2D eigenvalue weighted by molar-refractivity contribution is -0.132. The molecule has 0 spiro atoms. The van der Waals surface area contributed by atoms with Crippen LogP contribution >= 0.6 is 0 Å². The van der Waals surface area contributed by atoms with E-state index < -0.39 is 40.7 Å². The van der Waals surface area contributed by atoms with Crippen molar-refractivity contribution in [3.8, 4) is 5.75 Å². The highest BCUT2D eigenvalue weighted by Gasteiger charge is 2.39. The molecule has 1 aliphatic heterocycles. The number of ether oxygens (including phenoxy) is 2. The van der Waals surface area contributed by atoms with Gasteiger partial charge in [0.2, 0.25) is 0 Å². The third-order valence-corrected chi connectivity index (χ3v) is 3.34. The molecule has 0 aliphatic carbocycles. The first-order valence-electron chi connectivity index (χ1n) is 6.13. The molecule has 1 aromatic rings. The zero-order chi connectivity index (χ0) is 15.9. The number of esters is 1. The van der Waals surface area contributed by atoms with E-state index >= 15 is 0 Å². The molecule has 1 heterocycles. The molecule has 1 aliphatic rings. The number of benzene rings is 1. The molecule has 2 rings (SSSR count). The van der Waals surface area contributed by atoms with Crippen molar-refractivity contribution in [1.82, 2.24) is 0 Å². The molecule has 1 aromatic carbocycles. The molecular weight excluding hydrogens is 289 g/mol. The van der Waals surface area contributed by atoms with Gasteiger partial charge in [-0.05, 0) is 19.9 Å². The minimum Gasteiger partial charge on any atom is -0.477 e. The Morgan fingerprint density at radius 3 is 2.57 bits per heavy atom. The first-order chi connectivity index (χ1) is 9.69. The normalized spacial score (nSPS) is 16.4. The van der Waals surface area contributed by atoms with Crippen molar-refractivity contribution in [1.29, 1.82) is 0 Å². The quantitative estimate of drug-likeness (QED) is 0.788. The van der Waals surface area contributed by atoms with Crippen LogP contribution in [0.1, 0.15) is 41.8 Å². The Balaban J connectivity index is 2.69. The Morgan fingerprint density at radius 1 is 1.43 bits per heavy atom. The van der Waals surface area contributed by atoms with E-state index in [2.05, 4.69) is 4.74 Å². The molecular formula is C14H13F3O4. The van der Waals surface area contributed by atoms with E-state index in [1.165, 1.54) is 13.8 Å². The number of fused-ring (bicyclic) bond motifs is 1. The van der Waals surface area contributed by atoms with Gasteiger partial charge in [-0.2, -0.15) is 0 Å². The lowest BCUT2D eigenvalue weighted by Gasteiger charge is -2.32. The highest BCUT2D eigenvalue weighted by molar-refractivity contribution is 5.94. The Hall–Kier alpha value is -2.05. The molecule has 0 fully saturated rings. The summed E-state index contributed by atoms with van der Waals surface area (Å²) in [6.07, 6.45) is -3.42. The molecule has 0 N–H and O–H groups in total. The van der Waals surface area contributed by atoms with Gasteiger partial charge >= 0.3 is 5.97 Å². The Kier molecular flexibility index (Phi) is 3.69. The summed E-state index contributed by atoms with van der Waals surface area (Å²) in [5.41, 5.74) is -2.92. The van der Waals surface area contributed by atoms with E-state index in [9.17, 15) is 22.8 Å². The van der Waals surface area contributed by atoms with Gasteiger partial charge in [-0.25, -0.2) is 18.0 Å². The number of hydrogen-bond acceptors (Lipinski definition) is 4. The second-order valence-electron chi connectivity index (χ2n) is 5.14. The maximum absolute atomic E-state index is 14.3. The molecule has 21 heavy (non-hydrogen) atoms. The fraction of sp³-hybridized carbons (Fsp3) is 0.429. The van der Waals surface area contributed by atoms with E-state index in [4.69, 9.17) is 4.74 Å². The second kappa shape index (κ2) is 5.05. The molecule has 0 unspecified atom stereocenters. The number of rotatable bonds is 2. The molecule has 0 amide bonds. The average molecular weight is 302 g/mol. The van der Waals surface area contributed by atoms with Crippen LogP contribution in [0.15, 0.2) is 6.07 Å². The zero-order valence-corrected chi connectivity index (χ0v) is 11.6. The summed E-state index contributed by atoms with van der Waals surface area (Å²) >= 11 is 0. The van der Waals surface area contributed by atoms with Crippen molar-refractivity contribution >= 4 is 11.8 Å². The number of hydrogen-bond donors (Lipinski definition) is 0. The standard InChI is InChI=1S/C14H13F3O4/c1-14(2)8(18)5-6-4-7(13(19)20-3)9(12(16)17)10(15)11(6)21-14/h4,12H,5H2,1-3H3. The fourth-order valence-corrected chi connectivity index (χ4v) is 2.13. The average Bonchev–Trinajstić information content (AvgIpc) is 2.39. The smallest absolute Gasteiger partial charge is 0.338 e. The number of carbonyl (C=O) groups excluding carboxylic acids is 2. The summed E-state index contributed by atoms with van der Waals surface area (Å²) in [6.45, 7) is 2.85. The topological polar surface area (TPSA) is 52.6 Å². The number of carbonyl (C=O) groups is 2. The van der Waals surface area contributed by atoms with Gasteiger partial charge in [0.15, 0.2) is 23.0 Å². The van der Waals surface area contributed by atoms with Gasteiger partial charge in [0, 0.05) is 12.0 Å². The Morgan fingerprint density at radius 2 is 2.05 bits per heavy atom. The Labute approximate surface area is 118 Å². The monoisotopic (exact) mass is 302 g/mol. The maximum Gasteiger partial charge on any atom is 0.338 e. The van der Waals surface area contributed by atoms with Crippen molar-refractivity contribution in [2.75, 3.05) is 7.11 Å². The summed E-state index contributed by atoms with van der Waals surface area (Å²) in [6, 6.07) is 1.03. The predicted molar refractivity (Wildman–Crippen MR) is 66.1 cm³/mol. The van der Waals surface area contributed by atoms with Gasteiger partial charge in [-0.15, -0.1) is 0 Å². The van der Waals surface area contributed by atoms with E-state index in [-0.39, 0.29) is 17.8 Å². The van der Waals surface area contributed by atoms with Crippen LogP contribution < -0.4 is 4.74 Å². The first kappa shape index (κ1) is 15.3. The number of methoxy groups -OCH3 is 1. The number of Topliss-reactive ketones (excluding diaryl/α,β-unsaturated/α-hetero) is 1. The van der Waals surface area contributed by atoms with Gasteiger partial charge < -0.3 is 9.47 Å². The minimum absolute atomic E-state index is 0.0571. The van der Waals surface area contributed by atoms with Crippen LogP contribution in [-0.4, -0.2) is 24.5 Å². The molecule has 0 saturated heterocycles. The SMILES string of the molecule is COC(=O)c1cc2c(c(F)c1C(F)F)OC(C)(C)C(=O)C2. The molecule has 0 atom stereocenters. The third kappa shape index (κ3) is 2.48. The van der Waals surface area contributed by atoms with Crippen molar-refractivity contribution in [3.63, 3.8) is 0 Å². The number of ketones is 1. The van der Waals surface area contributed by atoms with Crippen LogP contribution in [0.3, 0.4) is 0 Å². The zero-order valence-electron chi connectivity index (χ0n) is 11.6. The first-order valence-corrected chi connectivity index (χ1v) is 6.13.